The molecule has 0 radical (unpaired) electrons. The standard InChI is InChI=1S/C21H24N2O6/c1-6-23-11(2)9-15-17(20(23)24)16(18(19(22)29-15)21(25)28-5)13-10-12(26-3)7-8-14(13)27-4/h7-10,16H,6,22H2,1-5H3/t16-/m1/s1. The Morgan fingerprint density at radius 2 is 1.93 bits per heavy atom. The van der Waals surface area contributed by atoms with Gasteiger partial charge in [0.05, 0.1) is 32.8 Å². The van der Waals surface area contributed by atoms with Crippen LogP contribution >= 0.6 is 0 Å². The summed E-state index contributed by atoms with van der Waals surface area (Å²) in [4.78, 5) is 26.0. The normalized spacial score (nSPS) is 15.4. The van der Waals surface area contributed by atoms with E-state index in [-0.39, 0.29) is 17.0 Å². The van der Waals surface area contributed by atoms with Gasteiger partial charge in [-0.05, 0) is 32.0 Å². The van der Waals surface area contributed by atoms with Crippen LogP contribution in [-0.2, 0) is 16.1 Å². The summed E-state index contributed by atoms with van der Waals surface area (Å²) in [6.45, 7) is 4.15. The zero-order chi connectivity index (χ0) is 21.3. The van der Waals surface area contributed by atoms with Crippen LogP contribution in [-0.4, -0.2) is 31.9 Å². The van der Waals surface area contributed by atoms with Gasteiger partial charge in [0.15, 0.2) is 0 Å². The second kappa shape index (κ2) is 7.90. The lowest BCUT2D eigenvalue weighted by Crippen LogP contribution is -2.35. The summed E-state index contributed by atoms with van der Waals surface area (Å²) < 4.78 is 23.1. The topological polar surface area (TPSA) is 102 Å². The van der Waals surface area contributed by atoms with E-state index in [0.717, 1.165) is 5.69 Å². The van der Waals surface area contributed by atoms with Crippen molar-refractivity contribution in [3.05, 3.63) is 62.9 Å². The number of hydrogen-bond acceptors (Lipinski definition) is 7. The molecule has 1 aromatic carbocycles. The minimum Gasteiger partial charge on any atom is -0.497 e. The number of nitrogens with two attached hydrogens (primary N) is 1. The van der Waals surface area contributed by atoms with Crippen LogP contribution in [0.3, 0.4) is 0 Å². The molecule has 8 heteroatoms. The predicted molar refractivity (Wildman–Crippen MR) is 106 cm³/mol. The fraction of sp³-hybridized carbons (Fsp3) is 0.333. The number of aryl methyl sites for hydroxylation is 1. The molecule has 0 aliphatic carbocycles. The number of carbonyl (C=O) groups excluding carboxylic acids is 1. The molecule has 8 nitrogen and oxygen atoms in total. The van der Waals surface area contributed by atoms with Crippen LogP contribution in [0.15, 0.2) is 40.5 Å². The third kappa shape index (κ3) is 3.30. The van der Waals surface area contributed by atoms with Crippen LogP contribution in [0, 0.1) is 6.92 Å². The van der Waals surface area contributed by atoms with Crippen molar-refractivity contribution < 1.29 is 23.7 Å². The predicted octanol–water partition coefficient (Wildman–Crippen LogP) is 2.06. The van der Waals surface area contributed by atoms with Gasteiger partial charge in [0.1, 0.15) is 22.8 Å². The first-order valence-corrected chi connectivity index (χ1v) is 9.09. The average molecular weight is 400 g/mol. The van der Waals surface area contributed by atoms with Gasteiger partial charge in [0, 0.05) is 23.9 Å². The molecule has 154 valence electrons. The number of fused-ring (bicyclic) bond motifs is 1. The van der Waals surface area contributed by atoms with Gasteiger partial charge in [-0.15, -0.1) is 0 Å². The quantitative estimate of drug-likeness (QED) is 0.767. The Bertz CT molecular complexity index is 1050. The number of benzene rings is 1. The Morgan fingerprint density at radius 3 is 2.52 bits per heavy atom. The highest BCUT2D eigenvalue weighted by Gasteiger charge is 2.39. The van der Waals surface area contributed by atoms with E-state index in [1.807, 2.05) is 13.8 Å². The lowest BCUT2D eigenvalue weighted by atomic mass is 9.82. The van der Waals surface area contributed by atoms with E-state index in [1.54, 1.807) is 28.8 Å². The van der Waals surface area contributed by atoms with E-state index in [2.05, 4.69) is 0 Å². The Kier molecular flexibility index (Phi) is 5.54. The minimum absolute atomic E-state index is 0.0372. The molecule has 2 heterocycles. The molecule has 0 unspecified atom stereocenters. The molecule has 3 rings (SSSR count). The van der Waals surface area contributed by atoms with Gasteiger partial charge in [-0.25, -0.2) is 4.79 Å². The van der Waals surface area contributed by atoms with E-state index in [4.69, 9.17) is 24.7 Å². The van der Waals surface area contributed by atoms with E-state index in [1.165, 1.54) is 21.3 Å². The lowest BCUT2D eigenvalue weighted by molar-refractivity contribution is -0.136. The van der Waals surface area contributed by atoms with E-state index in [0.29, 0.717) is 34.9 Å². The fourth-order valence-corrected chi connectivity index (χ4v) is 3.66. The first-order chi connectivity index (χ1) is 13.9. The SMILES string of the molecule is CCn1c(C)cc2c(c1=O)[C@@H](c1cc(OC)ccc1OC)C(C(=O)OC)=C(N)O2. The molecular formula is C21H24N2O6. The molecule has 2 aromatic rings. The number of aromatic nitrogens is 1. The van der Waals surface area contributed by atoms with Gasteiger partial charge < -0.3 is 29.2 Å². The first kappa shape index (κ1) is 20.3. The number of carbonyl (C=O) groups is 1. The van der Waals surface area contributed by atoms with Crippen LogP contribution in [0.1, 0.15) is 29.7 Å². The Hall–Kier alpha value is -3.42. The van der Waals surface area contributed by atoms with Crippen LogP contribution < -0.4 is 25.5 Å². The zero-order valence-corrected chi connectivity index (χ0v) is 17.1. The molecule has 0 saturated heterocycles. The molecule has 0 spiro atoms. The van der Waals surface area contributed by atoms with Gasteiger partial charge >= 0.3 is 5.97 Å². The summed E-state index contributed by atoms with van der Waals surface area (Å²) in [5, 5.41) is 0. The molecule has 2 N–H and O–H groups in total. The summed E-state index contributed by atoms with van der Waals surface area (Å²) in [6.07, 6.45) is 0. The molecule has 0 amide bonds. The van der Waals surface area contributed by atoms with E-state index < -0.39 is 11.9 Å². The molecule has 0 fully saturated rings. The van der Waals surface area contributed by atoms with E-state index >= 15 is 0 Å². The smallest absolute Gasteiger partial charge is 0.340 e. The number of ether oxygens (including phenoxy) is 4. The molecule has 0 saturated carbocycles. The highest BCUT2D eigenvalue weighted by molar-refractivity contribution is 5.92. The molecular weight excluding hydrogens is 376 g/mol. The largest absolute Gasteiger partial charge is 0.497 e. The van der Waals surface area contributed by atoms with Crippen LogP contribution in [0.4, 0.5) is 0 Å². The summed E-state index contributed by atoms with van der Waals surface area (Å²) >= 11 is 0. The number of esters is 1. The maximum atomic E-state index is 13.4. The number of pyridine rings is 1. The second-order valence-corrected chi connectivity index (χ2v) is 6.53. The van der Waals surface area contributed by atoms with Crippen molar-refractivity contribution in [3.8, 4) is 17.2 Å². The monoisotopic (exact) mass is 400 g/mol. The van der Waals surface area contributed by atoms with Crippen molar-refractivity contribution in [2.24, 2.45) is 5.73 Å². The van der Waals surface area contributed by atoms with Gasteiger partial charge in [-0.3, -0.25) is 4.79 Å². The molecule has 29 heavy (non-hydrogen) atoms. The Morgan fingerprint density at radius 1 is 1.21 bits per heavy atom. The first-order valence-electron chi connectivity index (χ1n) is 9.09. The van der Waals surface area contributed by atoms with Crippen LogP contribution in [0.2, 0.25) is 0 Å². The summed E-state index contributed by atoms with van der Waals surface area (Å²) in [5.74, 6) is -0.335. The number of hydrogen-bond donors (Lipinski definition) is 1. The van der Waals surface area contributed by atoms with E-state index in [9.17, 15) is 9.59 Å². The number of rotatable bonds is 5. The maximum absolute atomic E-state index is 13.4. The van der Waals surface area contributed by atoms with Crippen molar-refractivity contribution in [3.63, 3.8) is 0 Å². The van der Waals surface area contributed by atoms with Gasteiger partial charge in [-0.1, -0.05) is 0 Å². The van der Waals surface area contributed by atoms with Crippen molar-refractivity contribution in [1.29, 1.82) is 0 Å². The summed E-state index contributed by atoms with van der Waals surface area (Å²) in [7, 11) is 4.29. The van der Waals surface area contributed by atoms with Crippen molar-refractivity contribution >= 4 is 5.97 Å². The van der Waals surface area contributed by atoms with Crippen LogP contribution in [0.25, 0.3) is 0 Å². The third-order valence-corrected chi connectivity index (χ3v) is 5.04. The highest BCUT2D eigenvalue weighted by Crippen LogP contribution is 2.45. The zero-order valence-electron chi connectivity index (χ0n) is 17.1. The fourth-order valence-electron chi connectivity index (χ4n) is 3.66. The molecule has 1 aromatic heterocycles. The van der Waals surface area contributed by atoms with Crippen molar-refractivity contribution in [2.45, 2.75) is 26.3 Å². The van der Waals surface area contributed by atoms with Crippen molar-refractivity contribution in [2.75, 3.05) is 21.3 Å². The maximum Gasteiger partial charge on any atom is 0.340 e. The molecule has 1 atom stereocenters. The number of methoxy groups -OCH3 is 3. The Balaban J connectivity index is 2.42. The van der Waals surface area contributed by atoms with Gasteiger partial charge in [0.2, 0.25) is 5.88 Å². The Labute approximate surface area is 168 Å². The third-order valence-electron chi connectivity index (χ3n) is 5.04. The average Bonchev–Trinajstić information content (AvgIpc) is 2.71. The summed E-state index contributed by atoms with van der Waals surface area (Å²) in [5.41, 5.74) is 7.43. The van der Waals surface area contributed by atoms with Gasteiger partial charge in [0.25, 0.3) is 5.56 Å². The molecule has 1 aliphatic rings. The van der Waals surface area contributed by atoms with Gasteiger partial charge in [-0.2, -0.15) is 0 Å². The lowest BCUT2D eigenvalue weighted by Gasteiger charge is -2.29. The second-order valence-electron chi connectivity index (χ2n) is 6.53. The minimum atomic E-state index is -0.845. The number of nitrogens with zero attached hydrogens (tertiary/aromatic N) is 1. The van der Waals surface area contributed by atoms with Crippen molar-refractivity contribution in [1.82, 2.24) is 4.57 Å². The molecule has 1 aliphatic heterocycles. The summed E-state index contributed by atoms with van der Waals surface area (Å²) in [6, 6.07) is 6.89. The molecule has 0 bridgehead atoms. The highest BCUT2D eigenvalue weighted by atomic mass is 16.5. The van der Waals surface area contributed by atoms with Crippen LogP contribution in [0.5, 0.6) is 17.2 Å².